The molecule has 2 heterocycles. The summed E-state index contributed by atoms with van der Waals surface area (Å²) in [7, 11) is 4.06. The first-order valence-corrected chi connectivity index (χ1v) is 6.43. The van der Waals surface area contributed by atoms with Crippen LogP contribution in [0.3, 0.4) is 0 Å². The summed E-state index contributed by atoms with van der Waals surface area (Å²) in [5.41, 5.74) is 0. The van der Waals surface area contributed by atoms with E-state index in [4.69, 9.17) is 0 Å². The van der Waals surface area contributed by atoms with Gasteiger partial charge < -0.3 is 10.2 Å². The fourth-order valence-corrected chi connectivity index (χ4v) is 2.61. The Morgan fingerprint density at radius 1 is 1.44 bits per heavy atom. The van der Waals surface area contributed by atoms with Crippen LogP contribution in [0.1, 0.15) is 11.9 Å². The molecule has 1 aliphatic rings. The van der Waals surface area contributed by atoms with Crippen LogP contribution < -0.4 is 5.32 Å². The largest absolute Gasteiger partial charge is 0.363 e. The predicted octanol–water partition coefficient (Wildman–Crippen LogP) is 0.716. The molecule has 0 radical (unpaired) electrons. The molecule has 1 aromatic rings. The Bertz CT molecular complexity index is 340. The van der Waals surface area contributed by atoms with Crippen LogP contribution in [-0.4, -0.2) is 59.8 Å². The van der Waals surface area contributed by atoms with Crippen molar-refractivity contribution in [2.75, 3.05) is 39.0 Å². The van der Waals surface area contributed by atoms with Crippen LogP contribution in [0.25, 0.3) is 0 Å². The van der Waals surface area contributed by atoms with E-state index in [1.165, 1.54) is 0 Å². The summed E-state index contributed by atoms with van der Waals surface area (Å²) in [4.78, 5) is 4.85. The lowest BCUT2D eigenvalue weighted by Gasteiger charge is -2.37. The number of anilines is 1. The van der Waals surface area contributed by atoms with Gasteiger partial charge in [0.05, 0.1) is 6.54 Å². The molecule has 0 saturated carbocycles. The van der Waals surface area contributed by atoms with Gasteiger partial charge in [-0.3, -0.25) is 4.90 Å². The zero-order valence-corrected chi connectivity index (χ0v) is 10.9. The number of aromatic nitrogens is 2. The standard InChI is InChI=1S/C10H19N5S/c1-8-6-15(5-4-14(8)3)7-9-12-13-10(11-2)16-9/h8H,4-7H2,1-3H3,(H,11,13). The third-order valence-corrected chi connectivity index (χ3v) is 4.01. The molecule has 90 valence electrons. The maximum Gasteiger partial charge on any atom is 0.205 e. The first-order chi connectivity index (χ1) is 7.69. The van der Waals surface area contributed by atoms with Crippen molar-refractivity contribution in [1.29, 1.82) is 0 Å². The number of likely N-dealkylation sites (N-methyl/N-ethyl adjacent to an activating group) is 1. The first-order valence-electron chi connectivity index (χ1n) is 5.61. The predicted molar refractivity (Wildman–Crippen MR) is 66.8 cm³/mol. The van der Waals surface area contributed by atoms with E-state index >= 15 is 0 Å². The third kappa shape index (κ3) is 2.69. The average Bonchev–Trinajstić information content (AvgIpc) is 2.71. The second-order valence-corrected chi connectivity index (χ2v) is 5.38. The smallest absolute Gasteiger partial charge is 0.205 e. The molecule has 1 aromatic heterocycles. The molecule has 1 atom stereocenters. The van der Waals surface area contributed by atoms with Crippen molar-refractivity contribution < 1.29 is 0 Å². The summed E-state index contributed by atoms with van der Waals surface area (Å²) < 4.78 is 0. The number of nitrogens with zero attached hydrogens (tertiary/aromatic N) is 4. The summed E-state index contributed by atoms with van der Waals surface area (Å²) in [6, 6.07) is 0.630. The van der Waals surface area contributed by atoms with Crippen molar-refractivity contribution in [2.24, 2.45) is 0 Å². The van der Waals surface area contributed by atoms with Crippen molar-refractivity contribution in [3.8, 4) is 0 Å². The van der Waals surface area contributed by atoms with Gasteiger partial charge in [-0.2, -0.15) is 0 Å². The Morgan fingerprint density at radius 3 is 2.88 bits per heavy atom. The molecule has 1 saturated heterocycles. The third-order valence-electron chi connectivity index (χ3n) is 3.08. The highest BCUT2D eigenvalue weighted by atomic mass is 32.1. The van der Waals surface area contributed by atoms with E-state index < -0.39 is 0 Å². The van der Waals surface area contributed by atoms with Crippen molar-refractivity contribution in [3.05, 3.63) is 5.01 Å². The van der Waals surface area contributed by atoms with Crippen LogP contribution in [-0.2, 0) is 6.54 Å². The molecule has 1 N–H and O–H groups in total. The van der Waals surface area contributed by atoms with Gasteiger partial charge in [0.25, 0.3) is 0 Å². The van der Waals surface area contributed by atoms with E-state index in [9.17, 15) is 0 Å². The van der Waals surface area contributed by atoms with Crippen molar-refractivity contribution in [3.63, 3.8) is 0 Å². The molecule has 0 bridgehead atoms. The lowest BCUT2D eigenvalue weighted by Crippen LogP contribution is -2.49. The fraction of sp³-hybridized carbons (Fsp3) is 0.800. The summed E-state index contributed by atoms with van der Waals surface area (Å²) in [5, 5.41) is 13.2. The monoisotopic (exact) mass is 241 g/mol. The van der Waals surface area contributed by atoms with Gasteiger partial charge >= 0.3 is 0 Å². The maximum atomic E-state index is 4.18. The van der Waals surface area contributed by atoms with E-state index in [2.05, 4.69) is 39.3 Å². The number of piperazine rings is 1. The molecule has 0 aliphatic carbocycles. The van der Waals surface area contributed by atoms with Gasteiger partial charge in [-0.1, -0.05) is 11.3 Å². The SMILES string of the molecule is CNc1nnc(CN2CCN(C)C(C)C2)s1. The molecule has 1 unspecified atom stereocenters. The van der Waals surface area contributed by atoms with Crippen LogP contribution in [0.15, 0.2) is 0 Å². The van der Waals surface area contributed by atoms with Crippen LogP contribution in [0, 0.1) is 0 Å². The molecule has 0 spiro atoms. The quantitative estimate of drug-likeness (QED) is 0.844. The minimum Gasteiger partial charge on any atom is -0.363 e. The Morgan fingerprint density at radius 2 is 2.25 bits per heavy atom. The fourth-order valence-electron chi connectivity index (χ4n) is 1.88. The zero-order valence-electron chi connectivity index (χ0n) is 10.1. The van der Waals surface area contributed by atoms with Crippen LogP contribution >= 0.6 is 11.3 Å². The lowest BCUT2D eigenvalue weighted by atomic mass is 10.2. The highest BCUT2D eigenvalue weighted by Crippen LogP contribution is 2.17. The molecule has 1 aliphatic heterocycles. The van der Waals surface area contributed by atoms with E-state index in [0.29, 0.717) is 6.04 Å². The minimum absolute atomic E-state index is 0.630. The number of hydrogen-bond acceptors (Lipinski definition) is 6. The molecule has 0 aromatic carbocycles. The summed E-state index contributed by atoms with van der Waals surface area (Å²) in [6.07, 6.45) is 0. The second-order valence-electron chi connectivity index (χ2n) is 4.32. The molecule has 6 heteroatoms. The summed E-state index contributed by atoms with van der Waals surface area (Å²) in [5.74, 6) is 0. The number of nitrogens with one attached hydrogen (secondary N) is 1. The minimum atomic E-state index is 0.630. The number of hydrogen-bond donors (Lipinski definition) is 1. The summed E-state index contributed by atoms with van der Waals surface area (Å²) in [6.45, 7) is 6.57. The normalized spacial score (nSPS) is 23.6. The van der Waals surface area contributed by atoms with Gasteiger partial charge in [-0.25, -0.2) is 0 Å². The first kappa shape index (κ1) is 11.8. The van der Waals surface area contributed by atoms with Crippen LogP contribution in [0.5, 0.6) is 0 Å². The van der Waals surface area contributed by atoms with Crippen LogP contribution in [0.4, 0.5) is 5.13 Å². The van der Waals surface area contributed by atoms with Gasteiger partial charge in [0.1, 0.15) is 5.01 Å². The Balaban J connectivity index is 1.90. The highest BCUT2D eigenvalue weighted by molar-refractivity contribution is 7.15. The van der Waals surface area contributed by atoms with E-state index in [1.807, 2.05) is 7.05 Å². The molecule has 0 amide bonds. The molecular weight excluding hydrogens is 222 g/mol. The number of rotatable bonds is 3. The van der Waals surface area contributed by atoms with Gasteiger partial charge in [0.2, 0.25) is 5.13 Å². The van der Waals surface area contributed by atoms with Crippen molar-refractivity contribution in [1.82, 2.24) is 20.0 Å². The van der Waals surface area contributed by atoms with E-state index in [1.54, 1.807) is 11.3 Å². The Labute approximate surface area is 100 Å². The Hall–Kier alpha value is -0.720. The zero-order chi connectivity index (χ0) is 11.5. The van der Waals surface area contributed by atoms with Crippen molar-refractivity contribution >= 4 is 16.5 Å². The van der Waals surface area contributed by atoms with E-state index in [-0.39, 0.29) is 0 Å². The van der Waals surface area contributed by atoms with Gasteiger partial charge in [0.15, 0.2) is 0 Å². The molecule has 2 rings (SSSR count). The lowest BCUT2D eigenvalue weighted by molar-refractivity contribution is 0.0998. The second kappa shape index (κ2) is 5.07. The van der Waals surface area contributed by atoms with Gasteiger partial charge in [0, 0.05) is 32.7 Å². The van der Waals surface area contributed by atoms with Gasteiger partial charge in [-0.15, -0.1) is 10.2 Å². The van der Waals surface area contributed by atoms with Crippen molar-refractivity contribution in [2.45, 2.75) is 19.5 Å². The molecule has 16 heavy (non-hydrogen) atoms. The van der Waals surface area contributed by atoms with Gasteiger partial charge in [-0.05, 0) is 14.0 Å². The average molecular weight is 241 g/mol. The highest BCUT2D eigenvalue weighted by Gasteiger charge is 2.21. The summed E-state index contributed by atoms with van der Waals surface area (Å²) >= 11 is 1.64. The Kier molecular flexibility index (Phi) is 3.73. The topological polar surface area (TPSA) is 44.3 Å². The maximum absolute atomic E-state index is 4.18. The molecular formula is C10H19N5S. The molecule has 5 nitrogen and oxygen atoms in total. The van der Waals surface area contributed by atoms with Crippen LogP contribution in [0.2, 0.25) is 0 Å². The molecule has 1 fully saturated rings. The van der Waals surface area contributed by atoms with E-state index in [0.717, 1.165) is 36.3 Å².